The van der Waals surface area contributed by atoms with Gasteiger partial charge < -0.3 is 10.1 Å². The van der Waals surface area contributed by atoms with Gasteiger partial charge in [-0.25, -0.2) is 13.7 Å². The molecule has 0 spiro atoms. The zero-order valence-corrected chi connectivity index (χ0v) is 16.6. The van der Waals surface area contributed by atoms with E-state index < -0.39 is 23.4 Å². The molecular formula is C24H18F2N2O3. The van der Waals surface area contributed by atoms with Crippen LogP contribution in [0.4, 0.5) is 20.2 Å². The summed E-state index contributed by atoms with van der Waals surface area (Å²) in [6.45, 7) is 2.25. The van der Waals surface area contributed by atoms with E-state index >= 15 is 0 Å². The van der Waals surface area contributed by atoms with E-state index in [0.29, 0.717) is 23.6 Å². The molecule has 4 rings (SSSR count). The third-order valence-electron chi connectivity index (χ3n) is 4.75. The van der Waals surface area contributed by atoms with Gasteiger partial charge in [0.1, 0.15) is 23.1 Å². The SMILES string of the molecule is CCOc1ccccc1NC1=C(c2ccc(F)cc2)C(=O)N(c2ccc(F)cc2)C1=O. The van der Waals surface area contributed by atoms with Gasteiger partial charge in [0, 0.05) is 0 Å². The fourth-order valence-corrected chi connectivity index (χ4v) is 3.34. The molecule has 1 heterocycles. The molecule has 0 aliphatic carbocycles. The van der Waals surface area contributed by atoms with Gasteiger partial charge in [0.2, 0.25) is 0 Å². The molecule has 1 aliphatic heterocycles. The Morgan fingerprint density at radius 3 is 2.10 bits per heavy atom. The van der Waals surface area contributed by atoms with E-state index in [-0.39, 0.29) is 17.0 Å². The van der Waals surface area contributed by atoms with Crippen LogP contribution in [0.1, 0.15) is 12.5 Å². The van der Waals surface area contributed by atoms with Gasteiger partial charge in [-0.05, 0) is 61.0 Å². The van der Waals surface area contributed by atoms with Crippen molar-refractivity contribution in [2.24, 2.45) is 0 Å². The van der Waals surface area contributed by atoms with E-state index in [2.05, 4.69) is 5.32 Å². The lowest BCUT2D eigenvalue weighted by Crippen LogP contribution is -2.32. The molecule has 0 atom stereocenters. The molecule has 7 heteroatoms. The van der Waals surface area contributed by atoms with Crippen molar-refractivity contribution in [3.8, 4) is 5.75 Å². The van der Waals surface area contributed by atoms with E-state index in [1.54, 1.807) is 24.3 Å². The highest BCUT2D eigenvalue weighted by molar-refractivity contribution is 6.46. The number of para-hydroxylation sites is 2. The average molecular weight is 420 g/mol. The van der Waals surface area contributed by atoms with Gasteiger partial charge in [-0.3, -0.25) is 9.59 Å². The van der Waals surface area contributed by atoms with Crippen molar-refractivity contribution in [2.75, 3.05) is 16.8 Å². The van der Waals surface area contributed by atoms with Crippen LogP contribution in [-0.2, 0) is 9.59 Å². The van der Waals surface area contributed by atoms with Gasteiger partial charge in [-0.1, -0.05) is 24.3 Å². The summed E-state index contributed by atoms with van der Waals surface area (Å²) >= 11 is 0. The normalized spacial score (nSPS) is 13.7. The molecule has 1 aliphatic rings. The molecule has 0 bridgehead atoms. The Kier molecular flexibility index (Phi) is 5.49. The predicted octanol–water partition coefficient (Wildman–Crippen LogP) is 4.76. The summed E-state index contributed by atoms with van der Waals surface area (Å²) in [5.41, 5.74) is 1.21. The van der Waals surface area contributed by atoms with Crippen LogP contribution in [0.25, 0.3) is 5.57 Å². The second-order valence-electron chi connectivity index (χ2n) is 6.73. The fourth-order valence-electron chi connectivity index (χ4n) is 3.34. The largest absolute Gasteiger partial charge is 0.492 e. The highest BCUT2D eigenvalue weighted by atomic mass is 19.1. The number of rotatable bonds is 6. The van der Waals surface area contributed by atoms with Gasteiger partial charge in [0.25, 0.3) is 11.8 Å². The van der Waals surface area contributed by atoms with E-state index in [1.165, 1.54) is 48.5 Å². The monoisotopic (exact) mass is 420 g/mol. The summed E-state index contributed by atoms with van der Waals surface area (Å²) < 4.78 is 32.4. The molecule has 31 heavy (non-hydrogen) atoms. The standard InChI is InChI=1S/C24H18F2N2O3/c1-2-31-20-6-4-3-5-19(20)27-22-21(15-7-9-16(25)10-8-15)23(29)28(24(22)30)18-13-11-17(26)12-14-18/h3-14,27H,2H2,1H3. The Bertz CT molecular complexity index is 1170. The summed E-state index contributed by atoms with van der Waals surface area (Å²) in [7, 11) is 0. The Morgan fingerprint density at radius 2 is 1.45 bits per heavy atom. The van der Waals surface area contributed by atoms with Crippen LogP contribution in [0.15, 0.2) is 78.5 Å². The second kappa shape index (κ2) is 8.39. The van der Waals surface area contributed by atoms with Crippen molar-refractivity contribution >= 4 is 28.8 Å². The molecule has 5 nitrogen and oxygen atoms in total. The minimum Gasteiger partial charge on any atom is -0.492 e. The number of anilines is 2. The first-order chi connectivity index (χ1) is 15.0. The zero-order chi connectivity index (χ0) is 22.0. The number of ether oxygens (including phenoxy) is 1. The molecule has 0 saturated heterocycles. The molecule has 3 aromatic rings. The lowest BCUT2D eigenvalue weighted by atomic mass is 10.0. The number of hydrogen-bond donors (Lipinski definition) is 1. The zero-order valence-electron chi connectivity index (χ0n) is 16.6. The lowest BCUT2D eigenvalue weighted by Gasteiger charge is -2.16. The molecule has 0 aromatic heterocycles. The molecule has 0 fully saturated rings. The number of carbonyl (C=O) groups is 2. The Labute approximate surface area is 177 Å². The van der Waals surface area contributed by atoms with Gasteiger partial charge in [-0.15, -0.1) is 0 Å². The minimum absolute atomic E-state index is 0.0214. The summed E-state index contributed by atoms with van der Waals surface area (Å²) in [5, 5.41) is 3.02. The maximum absolute atomic E-state index is 13.5. The van der Waals surface area contributed by atoms with Crippen LogP contribution in [0.5, 0.6) is 5.75 Å². The third-order valence-corrected chi connectivity index (χ3v) is 4.75. The van der Waals surface area contributed by atoms with Crippen LogP contribution in [0.2, 0.25) is 0 Å². The van der Waals surface area contributed by atoms with Crippen LogP contribution in [0.3, 0.4) is 0 Å². The summed E-state index contributed by atoms with van der Waals surface area (Å²) in [4.78, 5) is 27.6. The van der Waals surface area contributed by atoms with E-state index in [1.807, 2.05) is 6.92 Å². The number of nitrogens with one attached hydrogen (secondary N) is 1. The smallest absolute Gasteiger partial charge is 0.282 e. The number of halogens is 2. The lowest BCUT2D eigenvalue weighted by molar-refractivity contribution is -0.120. The predicted molar refractivity (Wildman–Crippen MR) is 113 cm³/mol. The van der Waals surface area contributed by atoms with Crippen molar-refractivity contribution < 1.29 is 23.1 Å². The maximum Gasteiger partial charge on any atom is 0.282 e. The van der Waals surface area contributed by atoms with Crippen LogP contribution in [-0.4, -0.2) is 18.4 Å². The van der Waals surface area contributed by atoms with Crippen LogP contribution >= 0.6 is 0 Å². The molecule has 0 radical (unpaired) electrons. The second-order valence-corrected chi connectivity index (χ2v) is 6.73. The number of carbonyl (C=O) groups excluding carboxylic acids is 2. The highest BCUT2D eigenvalue weighted by Gasteiger charge is 2.40. The van der Waals surface area contributed by atoms with Crippen molar-refractivity contribution in [3.05, 3.63) is 95.7 Å². The first kappa shape index (κ1) is 20.3. The molecule has 2 amide bonds. The summed E-state index contributed by atoms with van der Waals surface area (Å²) in [6, 6.07) is 17.3. The molecule has 0 saturated carbocycles. The summed E-state index contributed by atoms with van der Waals surface area (Å²) in [6.07, 6.45) is 0. The minimum atomic E-state index is -0.609. The number of imide groups is 1. The van der Waals surface area contributed by atoms with Gasteiger partial charge in [0.05, 0.1) is 23.6 Å². The van der Waals surface area contributed by atoms with Crippen LogP contribution < -0.4 is 15.0 Å². The van der Waals surface area contributed by atoms with Crippen molar-refractivity contribution in [3.63, 3.8) is 0 Å². The number of benzene rings is 3. The Balaban J connectivity index is 1.82. The average Bonchev–Trinajstić information content (AvgIpc) is 3.01. The quantitative estimate of drug-likeness (QED) is 0.584. The first-order valence-electron chi connectivity index (χ1n) is 9.63. The highest BCUT2D eigenvalue weighted by Crippen LogP contribution is 2.35. The third kappa shape index (κ3) is 3.90. The van der Waals surface area contributed by atoms with Crippen LogP contribution in [0, 0.1) is 11.6 Å². The van der Waals surface area contributed by atoms with E-state index in [9.17, 15) is 18.4 Å². The Morgan fingerprint density at radius 1 is 0.839 bits per heavy atom. The molecular weight excluding hydrogens is 402 g/mol. The maximum atomic E-state index is 13.5. The van der Waals surface area contributed by atoms with Crippen molar-refractivity contribution in [1.29, 1.82) is 0 Å². The molecule has 156 valence electrons. The number of nitrogens with zero attached hydrogens (tertiary/aromatic N) is 1. The molecule has 1 N–H and O–H groups in total. The van der Waals surface area contributed by atoms with Gasteiger partial charge in [-0.2, -0.15) is 0 Å². The first-order valence-corrected chi connectivity index (χ1v) is 9.63. The van der Waals surface area contributed by atoms with Gasteiger partial charge in [0.15, 0.2) is 0 Å². The summed E-state index contributed by atoms with van der Waals surface area (Å²) in [5.74, 6) is -1.65. The van der Waals surface area contributed by atoms with Crippen molar-refractivity contribution in [2.45, 2.75) is 6.92 Å². The topological polar surface area (TPSA) is 58.6 Å². The fraction of sp³-hybridized carbons (Fsp3) is 0.0833. The van der Waals surface area contributed by atoms with E-state index in [4.69, 9.17) is 4.74 Å². The number of amides is 2. The molecule has 0 unspecified atom stereocenters. The number of hydrogen-bond acceptors (Lipinski definition) is 4. The molecule has 3 aromatic carbocycles. The van der Waals surface area contributed by atoms with E-state index in [0.717, 1.165) is 4.90 Å². The van der Waals surface area contributed by atoms with Crippen molar-refractivity contribution in [1.82, 2.24) is 0 Å². The Hall–Kier alpha value is -4.00. The van der Waals surface area contributed by atoms with Gasteiger partial charge >= 0.3 is 0 Å².